The van der Waals surface area contributed by atoms with Gasteiger partial charge in [0.15, 0.2) is 0 Å². The lowest BCUT2D eigenvalue weighted by atomic mass is 9.77. The fourth-order valence-electron chi connectivity index (χ4n) is 5.21. The molecule has 1 amide bonds. The van der Waals surface area contributed by atoms with Gasteiger partial charge in [-0.2, -0.15) is 0 Å². The van der Waals surface area contributed by atoms with Gasteiger partial charge in [-0.15, -0.1) is 11.3 Å². The molecule has 3 heterocycles. The summed E-state index contributed by atoms with van der Waals surface area (Å²) in [5, 5.41) is 6.35. The Hall–Kier alpha value is -3.97. The third-order valence-electron chi connectivity index (χ3n) is 7.27. The third-order valence-corrected chi connectivity index (χ3v) is 8.11. The summed E-state index contributed by atoms with van der Waals surface area (Å²) in [4.78, 5) is 28.5. The maximum Gasteiger partial charge on any atom is 0.231 e. The summed E-state index contributed by atoms with van der Waals surface area (Å²) in [5.41, 5.74) is 6.99. The molecule has 2 N–H and O–H groups in total. The predicted octanol–water partition coefficient (Wildman–Crippen LogP) is 7.57. The zero-order valence-electron chi connectivity index (χ0n) is 21.9. The number of imidazole rings is 1. The second-order valence-electron chi connectivity index (χ2n) is 10.9. The van der Waals surface area contributed by atoms with Gasteiger partial charge in [0.1, 0.15) is 5.01 Å². The topological polar surface area (TPSA) is 73.9 Å². The molecular weight excluding hydrogens is 490 g/mol. The number of hydrogen-bond donors (Lipinski definition) is 2. The van der Waals surface area contributed by atoms with E-state index in [1.807, 2.05) is 47.4 Å². The molecule has 0 saturated heterocycles. The smallest absolute Gasteiger partial charge is 0.231 e. The molecule has 6 nitrogen and oxygen atoms in total. The van der Waals surface area contributed by atoms with E-state index in [-0.39, 0.29) is 17.2 Å². The Balaban J connectivity index is 1.21. The average molecular weight is 522 g/mol. The first-order valence-corrected chi connectivity index (χ1v) is 13.9. The van der Waals surface area contributed by atoms with Crippen molar-refractivity contribution in [2.45, 2.75) is 40.2 Å². The fourth-order valence-corrected chi connectivity index (χ4v) is 6.00. The first-order valence-electron chi connectivity index (χ1n) is 13.0. The van der Waals surface area contributed by atoms with Gasteiger partial charge in [0.2, 0.25) is 11.9 Å². The minimum Gasteiger partial charge on any atom is -0.326 e. The number of para-hydroxylation sites is 3. The van der Waals surface area contributed by atoms with Crippen molar-refractivity contribution < 1.29 is 4.79 Å². The van der Waals surface area contributed by atoms with Crippen molar-refractivity contribution in [3.05, 3.63) is 88.7 Å². The highest BCUT2D eigenvalue weighted by Crippen LogP contribution is 2.38. The SMILES string of the molecule is CC(C)(C)C1CCc2ccccc2N(Cc2nc(-c3ccc(Nc4nc5ccccc5[nH]4)cc3)cs2)C1=O. The van der Waals surface area contributed by atoms with Gasteiger partial charge in [0.25, 0.3) is 0 Å². The van der Waals surface area contributed by atoms with Gasteiger partial charge in [-0.1, -0.05) is 63.2 Å². The summed E-state index contributed by atoms with van der Waals surface area (Å²) in [6.45, 7) is 6.98. The Morgan fingerprint density at radius 3 is 2.55 bits per heavy atom. The second kappa shape index (κ2) is 9.72. The summed E-state index contributed by atoms with van der Waals surface area (Å²) in [7, 11) is 0. The van der Waals surface area contributed by atoms with Gasteiger partial charge < -0.3 is 15.2 Å². The van der Waals surface area contributed by atoms with Gasteiger partial charge in [0, 0.05) is 28.2 Å². The zero-order chi connectivity index (χ0) is 26.3. The largest absolute Gasteiger partial charge is 0.326 e. The van der Waals surface area contributed by atoms with Crippen LogP contribution in [0.5, 0.6) is 0 Å². The quantitative estimate of drug-likeness (QED) is 0.250. The van der Waals surface area contributed by atoms with Crippen LogP contribution in [0.2, 0.25) is 0 Å². The Labute approximate surface area is 226 Å². The van der Waals surface area contributed by atoms with Crippen molar-refractivity contribution in [2.24, 2.45) is 11.3 Å². The third kappa shape index (κ3) is 4.82. The van der Waals surface area contributed by atoms with E-state index in [1.54, 1.807) is 11.3 Å². The van der Waals surface area contributed by atoms with Gasteiger partial charge in [-0.05, 0) is 54.2 Å². The van der Waals surface area contributed by atoms with Crippen LogP contribution < -0.4 is 10.2 Å². The number of aromatic amines is 1. The number of nitrogens with one attached hydrogen (secondary N) is 2. The first kappa shape index (κ1) is 24.4. The molecule has 3 aromatic carbocycles. The van der Waals surface area contributed by atoms with Gasteiger partial charge >= 0.3 is 0 Å². The number of fused-ring (bicyclic) bond motifs is 2. The standard InChI is InChI=1S/C31H31N5OS/c1-31(2,3)23-17-14-21-8-4-7-11-27(21)36(29(23)37)18-28-33-26(19-38-28)20-12-15-22(16-13-20)32-30-34-24-9-5-6-10-25(24)35-30/h4-13,15-16,19,23H,14,17-18H2,1-3H3,(H2,32,34,35). The fraction of sp³-hybridized carbons (Fsp3) is 0.258. The van der Waals surface area contributed by atoms with Crippen LogP contribution in [0, 0.1) is 11.3 Å². The van der Waals surface area contributed by atoms with Crippen molar-refractivity contribution in [1.29, 1.82) is 0 Å². The number of H-pyrrole nitrogens is 1. The highest BCUT2D eigenvalue weighted by atomic mass is 32.1. The molecule has 5 aromatic rings. The van der Waals surface area contributed by atoms with Crippen LogP contribution in [0.25, 0.3) is 22.3 Å². The maximum atomic E-state index is 13.8. The number of anilines is 3. The number of hydrogen-bond acceptors (Lipinski definition) is 5. The number of rotatable bonds is 5. The molecule has 6 rings (SSSR count). The lowest BCUT2D eigenvalue weighted by molar-refractivity contribution is -0.125. The van der Waals surface area contributed by atoms with E-state index >= 15 is 0 Å². The molecule has 7 heteroatoms. The van der Waals surface area contributed by atoms with Gasteiger partial charge in [-0.3, -0.25) is 4.79 Å². The molecule has 1 aliphatic rings. The molecule has 1 atom stereocenters. The summed E-state index contributed by atoms with van der Waals surface area (Å²) in [5.74, 6) is 0.882. The Kier molecular flexibility index (Phi) is 6.24. The van der Waals surface area contributed by atoms with Crippen molar-refractivity contribution in [1.82, 2.24) is 15.0 Å². The lowest BCUT2D eigenvalue weighted by Crippen LogP contribution is -2.40. The van der Waals surface area contributed by atoms with E-state index < -0.39 is 0 Å². The van der Waals surface area contributed by atoms with Gasteiger partial charge in [0.05, 0.1) is 23.3 Å². The first-order chi connectivity index (χ1) is 18.3. The molecule has 2 aromatic heterocycles. The molecule has 1 aliphatic heterocycles. The molecule has 0 spiro atoms. The minimum absolute atomic E-state index is 0.0267. The van der Waals surface area contributed by atoms with Crippen LogP contribution in [0.3, 0.4) is 0 Å². The average Bonchev–Trinajstić information content (AvgIpc) is 3.50. The van der Waals surface area contributed by atoms with Crippen molar-refractivity contribution in [3.63, 3.8) is 0 Å². The molecule has 0 fully saturated rings. The van der Waals surface area contributed by atoms with Crippen LogP contribution in [-0.4, -0.2) is 20.9 Å². The van der Waals surface area contributed by atoms with E-state index in [0.29, 0.717) is 12.5 Å². The molecule has 0 aliphatic carbocycles. The van der Waals surface area contributed by atoms with E-state index in [0.717, 1.165) is 51.5 Å². The molecular formula is C31H31N5OS. The van der Waals surface area contributed by atoms with Crippen molar-refractivity contribution in [3.8, 4) is 11.3 Å². The van der Waals surface area contributed by atoms with Crippen molar-refractivity contribution >= 4 is 45.6 Å². The van der Waals surface area contributed by atoms with Crippen LogP contribution in [0.1, 0.15) is 37.8 Å². The molecule has 0 radical (unpaired) electrons. The number of benzene rings is 3. The number of carbonyl (C=O) groups is 1. The van der Waals surface area contributed by atoms with Crippen LogP contribution in [0.15, 0.2) is 78.2 Å². The van der Waals surface area contributed by atoms with E-state index in [2.05, 4.69) is 71.8 Å². The summed E-state index contributed by atoms with van der Waals surface area (Å²) < 4.78 is 0. The molecule has 1 unspecified atom stereocenters. The van der Waals surface area contributed by atoms with Crippen LogP contribution >= 0.6 is 11.3 Å². The van der Waals surface area contributed by atoms with Crippen LogP contribution in [0.4, 0.5) is 17.3 Å². The summed E-state index contributed by atoms with van der Waals surface area (Å²) >= 11 is 1.60. The number of nitrogens with zero attached hydrogens (tertiary/aromatic N) is 3. The van der Waals surface area contributed by atoms with Gasteiger partial charge in [-0.25, -0.2) is 9.97 Å². The number of carbonyl (C=O) groups excluding carboxylic acids is 1. The number of aryl methyl sites for hydroxylation is 1. The summed E-state index contributed by atoms with van der Waals surface area (Å²) in [6.07, 6.45) is 1.78. The zero-order valence-corrected chi connectivity index (χ0v) is 22.7. The number of thiazole rings is 1. The predicted molar refractivity (Wildman–Crippen MR) is 156 cm³/mol. The van der Waals surface area contributed by atoms with E-state index in [9.17, 15) is 4.79 Å². The highest BCUT2D eigenvalue weighted by molar-refractivity contribution is 7.10. The normalized spacial score (nSPS) is 15.9. The molecule has 38 heavy (non-hydrogen) atoms. The lowest BCUT2D eigenvalue weighted by Gasteiger charge is -2.32. The monoisotopic (exact) mass is 521 g/mol. The van der Waals surface area contributed by atoms with Crippen molar-refractivity contribution in [2.75, 3.05) is 10.2 Å². The van der Waals surface area contributed by atoms with E-state index in [4.69, 9.17) is 4.98 Å². The summed E-state index contributed by atoms with van der Waals surface area (Å²) in [6, 6.07) is 24.5. The second-order valence-corrected chi connectivity index (χ2v) is 11.9. The number of aromatic nitrogens is 3. The van der Waals surface area contributed by atoms with E-state index in [1.165, 1.54) is 5.56 Å². The highest BCUT2D eigenvalue weighted by Gasteiger charge is 2.37. The number of amides is 1. The Morgan fingerprint density at radius 2 is 1.76 bits per heavy atom. The molecule has 0 bridgehead atoms. The minimum atomic E-state index is -0.0937. The maximum absolute atomic E-state index is 13.8. The Bertz CT molecular complexity index is 1560. The Morgan fingerprint density at radius 1 is 1.00 bits per heavy atom. The molecule has 0 saturated carbocycles. The molecule has 192 valence electrons. The van der Waals surface area contributed by atoms with Crippen LogP contribution in [-0.2, 0) is 17.8 Å².